The van der Waals surface area contributed by atoms with E-state index in [2.05, 4.69) is 22.4 Å². The van der Waals surface area contributed by atoms with Gasteiger partial charge in [0.2, 0.25) is 0 Å². The largest absolute Gasteiger partial charge is 0.389 e. The molecule has 2 aromatic rings. The summed E-state index contributed by atoms with van der Waals surface area (Å²) in [5, 5.41) is 15.8. The molecule has 0 saturated heterocycles. The van der Waals surface area contributed by atoms with Gasteiger partial charge < -0.3 is 15.2 Å². The lowest BCUT2D eigenvalue weighted by Crippen LogP contribution is -2.38. The fraction of sp³-hybridized carbons (Fsp3) is 0.438. The zero-order valence-electron chi connectivity index (χ0n) is 12.1. The van der Waals surface area contributed by atoms with Gasteiger partial charge in [-0.25, -0.2) is 0 Å². The highest BCUT2D eigenvalue weighted by molar-refractivity contribution is 5.84. The van der Waals surface area contributed by atoms with E-state index in [1.165, 1.54) is 5.39 Å². The first-order valence-electron chi connectivity index (χ1n) is 6.86. The van der Waals surface area contributed by atoms with Gasteiger partial charge in [-0.3, -0.25) is 4.98 Å². The van der Waals surface area contributed by atoms with Crippen LogP contribution in [-0.2, 0) is 11.3 Å². The molecule has 2 rings (SSSR count). The molecule has 2 N–H and O–H groups in total. The van der Waals surface area contributed by atoms with Gasteiger partial charge in [0.05, 0.1) is 5.60 Å². The van der Waals surface area contributed by atoms with Crippen LogP contribution in [0.1, 0.15) is 18.9 Å². The van der Waals surface area contributed by atoms with E-state index in [4.69, 9.17) is 4.74 Å². The number of fused-ring (bicyclic) bond motifs is 1. The maximum absolute atomic E-state index is 10.2. The normalized spacial score (nSPS) is 14.3. The average Bonchev–Trinajstić information content (AvgIpc) is 2.45. The molecule has 1 aromatic carbocycles. The molecule has 1 aromatic heterocycles. The standard InChI is InChI=1S/C16H22N2O2/c1-16(19,7-8-20-2)12-18-11-14-10-17-9-13-5-3-4-6-15(13)14/h3-6,9-10,18-19H,7-8,11-12H2,1-2H3. The van der Waals surface area contributed by atoms with Crippen molar-refractivity contribution in [2.24, 2.45) is 0 Å². The van der Waals surface area contributed by atoms with Crippen molar-refractivity contribution >= 4 is 10.8 Å². The van der Waals surface area contributed by atoms with Crippen LogP contribution in [0, 0.1) is 0 Å². The highest BCUT2D eigenvalue weighted by atomic mass is 16.5. The second-order valence-corrected chi connectivity index (χ2v) is 5.36. The SMILES string of the molecule is COCCC(C)(O)CNCc1cncc2ccccc12. The second-order valence-electron chi connectivity index (χ2n) is 5.36. The Balaban J connectivity index is 1.96. The number of rotatable bonds is 7. The van der Waals surface area contributed by atoms with Gasteiger partial charge in [0.15, 0.2) is 0 Å². The summed E-state index contributed by atoms with van der Waals surface area (Å²) in [7, 11) is 1.64. The van der Waals surface area contributed by atoms with Crippen LogP contribution in [0.15, 0.2) is 36.7 Å². The molecular weight excluding hydrogens is 252 g/mol. The Morgan fingerprint density at radius 3 is 2.90 bits per heavy atom. The minimum absolute atomic E-state index is 0.527. The number of methoxy groups -OCH3 is 1. The van der Waals surface area contributed by atoms with Gasteiger partial charge in [-0.15, -0.1) is 0 Å². The van der Waals surface area contributed by atoms with E-state index in [0.29, 0.717) is 26.1 Å². The summed E-state index contributed by atoms with van der Waals surface area (Å²) in [6.07, 6.45) is 4.36. The lowest BCUT2D eigenvalue weighted by Gasteiger charge is -2.23. The molecule has 0 amide bonds. The first-order chi connectivity index (χ1) is 9.62. The Morgan fingerprint density at radius 1 is 1.30 bits per heavy atom. The van der Waals surface area contributed by atoms with Gasteiger partial charge in [-0.05, 0) is 17.9 Å². The molecule has 108 valence electrons. The van der Waals surface area contributed by atoms with Crippen molar-refractivity contribution in [2.45, 2.75) is 25.5 Å². The number of aromatic nitrogens is 1. The summed E-state index contributed by atoms with van der Waals surface area (Å²) in [6, 6.07) is 8.19. The number of nitrogens with zero attached hydrogens (tertiary/aromatic N) is 1. The predicted molar refractivity (Wildman–Crippen MR) is 80.6 cm³/mol. The Kier molecular flexibility index (Phi) is 5.06. The van der Waals surface area contributed by atoms with Crippen LogP contribution in [-0.4, -0.2) is 36.0 Å². The number of nitrogens with one attached hydrogen (secondary N) is 1. The molecule has 0 radical (unpaired) electrons. The van der Waals surface area contributed by atoms with Gasteiger partial charge in [-0.1, -0.05) is 24.3 Å². The number of aliphatic hydroxyl groups is 1. The summed E-state index contributed by atoms with van der Waals surface area (Å²) < 4.78 is 5.00. The van der Waals surface area contributed by atoms with E-state index in [9.17, 15) is 5.11 Å². The fourth-order valence-electron chi connectivity index (χ4n) is 2.20. The van der Waals surface area contributed by atoms with Gasteiger partial charge in [-0.2, -0.15) is 0 Å². The Bertz CT molecular complexity index is 550. The van der Waals surface area contributed by atoms with Crippen molar-refractivity contribution in [3.05, 3.63) is 42.2 Å². The molecule has 4 nitrogen and oxygen atoms in total. The lowest BCUT2D eigenvalue weighted by molar-refractivity contribution is 0.0247. The van der Waals surface area contributed by atoms with Crippen molar-refractivity contribution in [1.29, 1.82) is 0 Å². The summed E-state index contributed by atoms with van der Waals surface area (Å²) in [4.78, 5) is 4.26. The third-order valence-corrected chi connectivity index (χ3v) is 3.42. The van der Waals surface area contributed by atoms with Crippen LogP contribution in [0.2, 0.25) is 0 Å². The van der Waals surface area contributed by atoms with E-state index in [1.54, 1.807) is 7.11 Å². The van der Waals surface area contributed by atoms with Crippen molar-refractivity contribution in [1.82, 2.24) is 10.3 Å². The quantitative estimate of drug-likeness (QED) is 0.812. The number of pyridine rings is 1. The summed E-state index contributed by atoms with van der Waals surface area (Å²) in [5.41, 5.74) is 0.388. The zero-order chi connectivity index (χ0) is 14.4. The fourth-order valence-corrected chi connectivity index (χ4v) is 2.20. The third-order valence-electron chi connectivity index (χ3n) is 3.42. The average molecular weight is 274 g/mol. The molecule has 0 saturated carbocycles. The van der Waals surface area contributed by atoms with E-state index in [-0.39, 0.29) is 0 Å². The van der Waals surface area contributed by atoms with Crippen LogP contribution in [0.25, 0.3) is 10.8 Å². The van der Waals surface area contributed by atoms with E-state index >= 15 is 0 Å². The van der Waals surface area contributed by atoms with Gasteiger partial charge in [0.1, 0.15) is 0 Å². The Morgan fingerprint density at radius 2 is 2.10 bits per heavy atom. The molecule has 0 aliphatic rings. The minimum Gasteiger partial charge on any atom is -0.389 e. The molecule has 0 bridgehead atoms. The number of ether oxygens (including phenoxy) is 1. The van der Waals surface area contributed by atoms with E-state index in [0.717, 1.165) is 10.9 Å². The number of hydrogen-bond acceptors (Lipinski definition) is 4. The Hall–Kier alpha value is -1.49. The van der Waals surface area contributed by atoms with Crippen molar-refractivity contribution in [3.8, 4) is 0 Å². The third kappa shape index (κ3) is 4.00. The molecule has 4 heteroatoms. The smallest absolute Gasteiger partial charge is 0.0765 e. The monoisotopic (exact) mass is 274 g/mol. The summed E-state index contributed by atoms with van der Waals surface area (Å²) in [6.45, 7) is 3.60. The number of hydrogen-bond donors (Lipinski definition) is 2. The summed E-state index contributed by atoms with van der Waals surface area (Å²) in [5.74, 6) is 0. The topological polar surface area (TPSA) is 54.4 Å². The van der Waals surface area contributed by atoms with Crippen LogP contribution >= 0.6 is 0 Å². The first-order valence-corrected chi connectivity index (χ1v) is 6.86. The van der Waals surface area contributed by atoms with Crippen molar-refractivity contribution in [2.75, 3.05) is 20.3 Å². The molecule has 0 spiro atoms. The maximum Gasteiger partial charge on any atom is 0.0765 e. The minimum atomic E-state index is -0.756. The second kappa shape index (κ2) is 6.79. The zero-order valence-corrected chi connectivity index (χ0v) is 12.1. The highest BCUT2D eigenvalue weighted by Crippen LogP contribution is 2.17. The van der Waals surface area contributed by atoms with Crippen molar-refractivity contribution < 1.29 is 9.84 Å². The molecule has 20 heavy (non-hydrogen) atoms. The van der Waals surface area contributed by atoms with Crippen molar-refractivity contribution in [3.63, 3.8) is 0 Å². The summed E-state index contributed by atoms with van der Waals surface area (Å²) >= 11 is 0. The molecule has 0 fully saturated rings. The molecule has 1 atom stereocenters. The van der Waals surface area contributed by atoms with E-state index < -0.39 is 5.60 Å². The van der Waals surface area contributed by atoms with Crippen LogP contribution in [0.4, 0.5) is 0 Å². The van der Waals surface area contributed by atoms with Gasteiger partial charge in [0, 0.05) is 51.0 Å². The molecule has 1 unspecified atom stereocenters. The molecule has 0 aliphatic carbocycles. The first kappa shape index (κ1) is 14.9. The Labute approximate surface area is 119 Å². The lowest BCUT2D eigenvalue weighted by atomic mass is 10.0. The van der Waals surface area contributed by atoms with Crippen LogP contribution in [0.5, 0.6) is 0 Å². The highest BCUT2D eigenvalue weighted by Gasteiger charge is 2.19. The molecular formula is C16H22N2O2. The maximum atomic E-state index is 10.2. The van der Waals surface area contributed by atoms with Crippen LogP contribution in [0.3, 0.4) is 0 Å². The van der Waals surface area contributed by atoms with Gasteiger partial charge in [0.25, 0.3) is 0 Å². The van der Waals surface area contributed by atoms with Crippen LogP contribution < -0.4 is 5.32 Å². The van der Waals surface area contributed by atoms with Gasteiger partial charge >= 0.3 is 0 Å². The molecule has 0 aliphatic heterocycles. The molecule has 1 heterocycles. The predicted octanol–water partition coefficient (Wildman–Crippen LogP) is 2.11. The number of benzene rings is 1. The van der Waals surface area contributed by atoms with E-state index in [1.807, 2.05) is 31.5 Å².